The average Bonchev–Trinajstić information content (AvgIpc) is 3.66. The van der Waals surface area contributed by atoms with Crippen LogP contribution >= 0.6 is 11.3 Å². The van der Waals surface area contributed by atoms with Gasteiger partial charge in [-0.3, -0.25) is 4.79 Å². The van der Waals surface area contributed by atoms with E-state index in [1.807, 2.05) is 41.8 Å². The Morgan fingerprint density at radius 2 is 2.00 bits per heavy atom. The fraction of sp³-hybridized carbons (Fsp3) is 0.280. The number of hydrogen-bond donors (Lipinski definition) is 3. The number of rotatable bonds is 7. The SMILES string of the molecule is O=C(Nc1ccc(C2CC2NCC2CC2)cc1)c1ccc2nc(-c3ccsc3)[nH]c2c1. The van der Waals surface area contributed by atoms with Crippen molar-refractivity contribution in [2.75, 3.05) is 11.9 Å². The molecule has 2 aliphatic rings. The summed E-state index contributed by atoms with van der Waals surface area (Å²) in [5.41, 5.74) is 5.57. The molecule has 31 heavy (non-hydrogen) atoms. The standard InChI is InChI=1S/C25H24N4OS/c30-25(17-5-8-21-23(11-17)29-24(28-21)18-9-10-31-14-18)27-19-6-3-16(4-7-19)20-12-22(20)26-13-15-1-2-15/h3-11,14-15,20,22,26H,1-2,12-13H2,(H,27,30)(H,28,29). The molecule has 2 fully saturated rings. The Kier molecular flexibility index (Phi) is 4.62. The Hall–Kier alpha value is -2.96. The molecule has 4 aromatic rings. The number of benzene rings is 2. The first-order valence-corrected chi connectivity index (χ1v) is 11.8. The predicted molar refractivity (Wildman–Crippen MR) is 126 cm³/mol. The van der Waals surface area contributed by atoms with E-state index in [2.05, 4.69) is 38.1 Å². The number of nitrogens with one attached hydrogen (secondary N) is 3. The molecule has 0 saturated heterocycles. The molecule has 2 saturated carbocycles. The number of carbonyl (C=O) groups is 1. The second kappa shape index (κ2) is 7.62. The molecule has 0 radical (unpaired) electrons. The van der Waals surface area contributed by atoms with Crippen molar-refractivity contribution in [1.29, 1.82) is 0 Å². The number of imidazole rings is 1. The van der Waals surface area contributed by atoms with Gasteiger partial charge < -0.3 is 15.6 Å². The molecule has 156 valence electrons. The topological polar surface area (TPSA) is 69.8 Å². The summed E-state index contributed by atoms with van der Waals surface area (Å²) in [7, 11) is 0. The second-order valence-corrected chi connectivity index (χ2v) is 9.49. The van der Waals surface area contributed by atoms with Crippen LogP contribution in [0.25, 0.3) is 22.4 Å². The van der Waals surface area contributed by atoms with Crippen LogP contribution in [0.5, 0.6) is 0 Å². The highest BCUT2D eigenvalue weighted by molar-refractivity contribution is 7.08. The van der Waals surface area contributed by atoms with Crippen molar-refractivity contribution in [2.24, 2.45) is 5.92 Å². The van der Waals surface area contributed by atoms with Crippen LogP contribution in [0.2, 0.25) is 0 Å². The largest absolute Gasteiger partial charge is 0.338 e. The normalized spacial score (nSPS) is 20.1. The van der Waals surface area contributed by atoms with Gasteiger partial charge in [-0.25, -0.2) is 4.98 Å². The van der Waals surface area contributed by atoms with Gasteiger partial charge in [-0.2, -0.15) is 11.3 Å². The molecule has 6 heteroatoms. The van der Waals surface area contributed by atoms with E-state index in [1.165, 1.54) is 31.4 Å². The number of nitrogens with zero attached hydrogens (tertiary/aromatic N) is 1. The molecule has 0 spiro atoms. The summed E-state index contributed by atoms with van der Waals surface area (Å²) in [4.78, 5) is 20.7. The van der Waals surface area contributed by atoms with Gasteiger partial charge in [0.15, 0.2) is 0 Å². The minimum absolute atomic E-state index is 0.114. The highest BCUT2D eigenvalue weighted by Gasteiger charge is 2.38. The van der Waals surface area contributed by atoms with Gasteiger partial charge in [0.05, 0.1) is 11.0 Å². The van der Waals surface area contributed by atoms with Crippen LogP contribution in [0.3, 0.4) is 0 Å². The molecule has 2 aliphatic carbocycles. The molecule has 0 aliphatic heterocycles. The summed E-state index contributed by atoms with van der Waals surface area (Å²) in [6, 6.07) is 16.5. The van der Waals surface area contributed by atoms with Crippen molar-refractivity contribution in [3.63, 3.8) is 0 Å². The van der Waals surface area contributed by atoms with Gasteiger partial charge in [-0.1, -0.05) is 12.1 Å². The number of fused-ring (bicyclic) bond motifs is 1. The number of aromatic nitrogens is 2. The van der Waals surface area contributed by atoms with Crippen molar-refractivity contribution in [3.05, 3.63) is 70.4 Å². The smallest absolute Gasteiger partial charge is 0.255 e. The van der Waals surface area contributed by atoms with Crippen molar-refractivity contribution < 1.29 is 4.79 Å². The zero-order valence-corrected chi connectivity index (χ0v) is 17.9. The van der Waals surface area contributed by atoms with Crippen LogP contribution < -0.4 is 10.6 Å². The number of thiophene rings is 1. The van der Waals surface area contributed by atoms with Gasteiger partial charge >= 0.3 is 0 Å². The minimum Gasteiger partial charge on any atom is -0.338 e. The van der Waals surface area contributed by atoms with Gasteiger partial charge in [0.1, 0.15) is 5.82 Å². The van der Waals surface area contributed by atoms with E-state index in [1.54, 1.807) is 11.3 Å². The molecule has 2 aromatic heterocycles. The first-order chi connectivity index (χ1) is 15.2. The van der Waals surface area contributed by atoms with E-state index in [4.69, 9.17) is 0 Å². The molecule has 5 nitrogen and oxygen atoms in total. The Morgan fingerprint density at radius 1 is 1.13 bits per heavy atom. The number of H-pyrrole nitrogens is 1. The molecule has 0 bridgehead atoms. The first-order valence-electron chi connectivity index (χ1n) is 10.9. The zero-order chi connectivity index (χ0) is 20.8. The van der Waals surface area contributed by atoms with E-state index < -0.39 is 0 Å². The Bertz CT molecular complexity index is 1220. The third kappa shape index (κ3) is 4.01. The van der Waals surface area contributed by atoms with E-state index >= 15 is 0 Å². The van der Waals surface area contributed by atoms with Crippen molar-refractivity contribution in [3.8, 4) is 11.4 Å². The lowest BCUT2D eigenvalue weighted by Gasteiger charge is -2.07. The monoisotopic (exact) mass is 428 g/mol. The van der Waals surface area contributed by atoms with Crippen LogP contribution in [0.4, 0.5) is 5.69 Å². The highest BCUT2D eigenvalue weighted by atomic mass is 32.1. The van der Waals surface area contributed by atoms with Crippen LogP contribution in [0.1, 0.15) is 41.1 Å². The number of aromatic amines is 1. The van der Waals surface area contributed by atoms with E-state index in [9.17, 15) is 4.79 Å². The van der Waals surface area contributed by atoms with E-state index in [0.29, 0.717) is 17.5 Å². The molecule has 2 atom stereocenters. The van der Waals surface area contributed by atoms with Gasteiger partial charge in [-0.05, 0) is 79.1 Å². The molecule has 2 heterocycles. The molecule has 6 rings (SSSR count). The van der Waals surface area contributed by atoms with Crippen molar-refractivity contribution in [2.45, 2.75) is 31.2 Å². The fourth-order valence-electron chi connectivity index (χ4n) is 4.13. The molecular formula is C25H24N4OS. The van der Waals surface area contributed by atoms with Gasteiger partial charge in [0, 0.05) is 34.2 Å². The molecule has 3 N–H and O–H groups in total. The molecular weight excluding hydrogens is 404 g/mol. The van der Waals surface area contributed by atoms with Gasteiger partial charge in [0.2, 0.25) is 0 Å². The number of carbonyl (C=O) groups excluding carboxylic acids is 1. The summed E-state index contributed by atoms with van der Waals surface area (Å²) in [5.74, 6) is 2.25. The quantitative estimate of drug-likeness (QED) is 0.369. The minimum atomic E-state index is -0.114. The lowest BCUT2D eigenvalue weighted by Crippen LogP contribution is -2.20. The van der Waals surface area contributed by atoms with Crippen molar-refractivity contribution >= 4 is 34.0 Å². The molecule has 2 unspecified atom stereocenters. The average molecular weight is 429 g/mol. The van der Waals surface area contributed by atoms with Crippen molar-refractivity contribution in [1.82, 2.24) is 15.3 Å². The van der Waals surface area contributed by atoms with Gasteiger partial charge in [0.25, 0.3) is 5.91 Å². The second-order valence-electron chi connectivity index (χ2n) is 8.71. The van der Waals surface area contributed by atoms with Crippen LogP contribution in [0.15, 0.2) is 59.3 Å². The van der Waals surface area contributed by atoms with E-state index in [-0.39, 0.29) is 5.91 Å². The fourth-order valence-corrected chi connectivity index (χ4v) is 4.77. The summed E-state index contributed by atoms with van der Waals surface area (Å²) in [5, 5.41) is 10.8. The maximum atomic E-state index is 12.8. The maximum absolute atomic E-state index is 12.8. The predicted octanol–water partition coefficient (Wildman–Crippen LogP) is 5.40. The summed E-state index contributed by atoms with van der Waals surface area (Å²) >= 11 is 1.64. The van der Waals surface area contributed by atoms with Crippen LogP contribution in [-0.2, 0) is 0 Å². The summed E-state index contributed by atoms with van der Waals surface area (Å²) in [6.45, 7) is 1.17. The molecule has 1 amide bonds. The zero-order valence-electron chi connectivity index (χ0n) is 17.1. The van der Waals surface area contributed by atoms with Gasteiger partial charge in [-0.15, -0.1) is 0 Å². The molecule has 2 aromatic carbocycles. The highest BCUT2D eigenvalue weighted by Crippen LogP contribution is 2.42. The van der Waals surface area contributed by atoms with E-state index in [0.717, 1.165) is 34.0 Å². The first kappa shape index (κ1) is 18.8. The number of hydrogen-bond acceptors (Lipinski definition) is 4. The number of amides is 1. The lowest BCUT2D eigenvalue weighted by atomic mass is 10.1. The Labute approximate surface area is 184 Å². The summed E-state index contributed by atoms with van der Waals surface area (Å²) < 4.78 is 0. The third-order valence-electron chi connectivity index (χ3n) is 6.29. The third-order valence-corrected chi connectivity index (χ3v) is 6.97. The Balaban J connectivity index is 1.11. The number of anilines is 1. The van der Waals surface area contributed by atoms with Crippen LogP contribution in [0, 0.1) is 5.92 Å². The summed E-state index contributed by atoms with van der Waals surface area (Å²) in [6.07, 6.45) is 4.00. The Morgan fingerprint density at radius 3 is 2.77 bits per heavy atom. The lowest BCUT2D eigenvalue weighted by molar-refractivity contribution is 0.102. The van der Waals surface area contributed by atoms with Crippen LogP contribution in [-0.4, -0.2) is 28.5 Å². The maximum Gasteiger partial charge on any atom is 0.255 e.